The maximum Gasteiger partial charge on any atom is 0.122 e. The van der Waals surface area contributed by atoms with E-state index >= 15 is 0 Å². The van der Waals surface area contributed by atoms with Gasteiger partial charge in [-0.25, -0.2) is 4.99 Å². The molecule has 0 amide bonds. The van der Waals surface area contributed by atoms with Crippen LogP contribution in [0.3, 0.4) is 0 Å². The van der Waals surface area contributed by atoms with E-state index in [1.54, 1.807) is 7.05 Å². The van der Waals surface area contributed by atoms with Crippen molar-refractivity contribution in [1.29, 1.82) is 0 Å². The molecule has 0 aromatic rings. The lowest BCUT2D eigenvalue weighted by atomic mass is 10.3. The number of aliphatic imine (C=N–C) groups is 2. The summed E-state index contributed by atoms with van der Waals surface area (Å²) >= 11 is 5.44. The zero-order chi connectivity index (χ0) is 7.11. The van der Waals surface area contributed by atoms with Crippen molar-refractivity contribution in [2.75, 3.05) is 12.9 Å². The fraction of sp³-hybridized carbons (Fsp3) is 0.667. The summed E-state index contributed by atoms with van der Waals surface area (Å²) in [6, 6.07) is 0. The van der Waals surface area contributed by atoms with Crippen molar-refractivity contribution in [3.63, 3.8) is 0 Å². The normalized spacial score (nSPS) is 11.6. The zero-order valence-corrected chi connectivity index (χ0v) is 6.36. The Morgan fingerprint density at radius 2 is 2.33 bits per heavy atom. The van der Waals surface area contributed by atoms with Crippen LogP contribution in [0.15, 0.2) is 9.98 Å². The van der Waals surface area contributed by atoms with Crippen LogP contribution in [0.2, 0.25) is 0 Å². The van der Waals surface area contributed by atoms with Crippen LogP contribution < -0.4 is 0 Å². The predicted octanol–water partition coefficient (Wildman–Crippen LogP) is 1.73. The van der Waals surface area contributed by atoms with Gasteiger partial charge in [0.2, 0.25) is 0 Å². The van der Waals surface area contributed by atoms with Crippen LogP contribution in [0.25, 0.3) is 0 Å². The molecule has 52 valence electrons. The summed E-state index contributed by atoms with van der Waals surface area (Å²) in [5, 5.41) is 0. The maximum absolute atomic E-state index is 5.44. The summed E-state index contributed by atoms with van der Waals surface area (Å²) < 4.78 is 0. The van der Waals surface area contributed by atoms with Gasteiger partial charge in [-0.2, -0.15) is 0 Å². The van der Waals surface area contributed by atoms with Crippen molar-refractivity contribution < 1.29 is 0 Å². The molecule has 0 rings (SSSR count). The molecule has 0 aliphatic carbocycles. The van der Waals surface area contributed by atoms with E-state index in [0.717, 1.165) is 18.7 Å². The fourth-order valence-corrected chi connectivity index (χ4v) is 0.620. The topological polar surface area (TPSA) is 24.7 Å². The molecule has 0 aliphatic heterocycles. The van der Waals surface area contributed by atoms with E-state index in [9.17, 15) is 0 Å². The molecule has 0 atom stereocenters. The minimum atomic E-state index is 0.661. The number of hydrogen-bond donors (Lipinski definition) is 0. The summed E-state index contributed by atoms with van der Waals surface area (Å²) in [4.78, 5) is 7.56. The summed E-state index contributed by atoms with van der Waals surface area (Å²) in [5.41, 5.74) is 0. The number of halogens is 1. The lowest BCUT2D eigenvalue weighted by molar-refractivity contribution is 0.988. The molecule has 0 heterocycles. The molecule has 3 heteroatoms. The number of amidine groups is 1. The molecule has 0 aromatic carbocycles. The molecule has 0 aromatic heterocycles. The van der Waals surface area contributed by atoms with E-state index < -0.39 is 0 Å². The van der Waals surface area contributed by atoms with Crippen LogP contribution in [0.4, 0.5) is 0 Å². The predicted molar refractivity (Wildman–Crippen MR) is 42.9 cm³/mol. The highest BCUT2D eigenvalue weighted by Crippen LogP contribution is 1.95. The van der Waals surface area contributed by atoms with E-state index in [-0.39, 0.29) is 0 Å². The van der Waals surface area contributed by atoms with E-state index in [0.29, 0.717) is 5.88 Å². The van der Waals surface area contributed by atoms with Crippen molar-refractivity contribution in [1.82, 2.24) is 0 Å². The van der Waals surface area contributed by atoms with Crippen molar-refractivity contribution >= 4 is 24.2 Å². The third-order valence-electron chi connectivity index (χ3n) is 0.975. The van der Waals surface area contributed by atoms with Gasteiger partial charge in [-0.05, 0) is 13.1 Å². The first-order valence-corrected chi connectivity index (χ1v) is 3.37. The summed E-state index contributed by atoms with van der Waals surface area (Å²) in [7, 11) is 1.71. The number of rotatable bonds is 3. The standard InChI is InChI=1S/C6H11ClN2/c1-8-6(9-2)4-3-5-7/h1,3-5H2,2H3. The Bertz CT molecular complexity index is 110. The van der Waals surface area contributed by atoms with Gasteiger partial charge in [-0.15, -0.1) is 11.6 Å². The summed E-state index contributed by atoms with van der Waals surface area (Å²) in [6.45, 7) is 3.36. The van der Waals surface area contributed by atoms with Gasteiger partial charge in [0, 0.05) is 19.3 Å². The number of nitrogens with zero attached hydrogens (tertiary/aromatic N) is 2. The van der Waals surface area contributed by atoms with E-state index in [2.05, 4.69) is 16.7 Å². The van der Waals surface area contributed by atoms with Crippen molar-refractivity contribution in [3.05, 3.63) is 0 Å². The van der Waals surface area contributed by atoms with Crippen LogP contribution in [0, 0.1) is 0 Å². The Morgan fingerprint density at radius 3 is 2.67 bits per heavy atom. The Hall–Kier alpha value is -0.370. The van der Waals surface area contributed by atoms with Gasteiger partial charge in [0.15, 0.2) is 0 Å². The highest BCUT2D eigenvalue weighted by atomic mass is 35.5. The van der Waals surface area contributed by atoms with Gasteiger partial charge < -0.3 is 0 Å². The molecule has 0 radical (unpaired) electrons. The Kier molecular flexibility index (Phi) is 5.52. The molecule has 0 N–H and O–H groups in total. The summed E-state index contributed by atoms with van der Waals surface area (Å²) in [6.07, 6.45) is 1.76. The van der Waals surface area contributed by atoms with E-state index in [1.165, 1.54) is 0 Å². The monoisotopic (exact) mass is 146 g/mol. The molecule has 0 unspecified atom stereocenters. The Morgan fingerprint density at radius 1 is 1.67 bits per heavy atom. The van der Waals surface area contributed by atoms with E-state index in [1.807, 2.05) is 0 Å². The van der Waals surface area contributed by atoms with Crippen LogP contribution >= 0.6 is 11.6 Å². The zero-order valence-electron chi connectivity index (χ0n) is 5.60. The Balaban J connectivity index is 3.45. The molecule has 9 heavy (non-hydrogen) atoms. The highest BCUT2D eigenvalue weighted by Gasteiger charge is 1.90. The number of hydrogen-bond acceptors (Lipinski definition) is 1. The second kappa shape index (κ2) is 5.76. The molecule has 0 saturated heterocycles. The lowest BCUT2D eigenvalue weighted by Crippen LogP contribution is -1.92. The molecule has 0 spiro atoms. The van der Waals surface area contributed by atoms with Gasteiger partial charge in [-0.1, -0.05) is 0 Å². The van der Waals surface area contributed by atoms with Gasteiger partial charge in [0.25, 0.3) is 0 Å². The molecule has 0 aliphatic rings. The molecule has 2 nitrogen and oxygen atoms in total. The maximum atomic E-state index is 5.44. The van der Waals surface area contributed by atoms with Crippen molar-refractivity contribution in [2.24, 2.45) is 9.98 Å². The minimum absolute atomic E-state index is 0.661. The minimum Gasteiger partial charge on any atom is -0.274 e. The molecular formula is C6H11ClN2. The first-order valence-electron chi connectivity index (χ1n) is 2.83. The fourth-order valence-electron chi connectivity index (χ4n) is 0.487. The van der Waals surface area contributed by atoms with Crippen LogP contribution in [-0.4, -0.2) is 25.5 Å². The number of alkyl halides is 1. The van der Waals surface area contributed by atoms with Crippen LogP contribution in [-0.2, 0) is 0 Å². The highest BCUT2D eigenvalue weighted by molar-refractivity contribution is 6.17. The lowest BCUT2D eigenvalue weighted by Gasteiger charge is -1.93. The molecule has 0 bridgehead atoms. The quantitative estimate of drug-likeness (QED) is 0.329. The summed E-state index contributed by atoms with van der Waals surface area (Å²) in [5.74, 6) is 1.45. The third kappa shape index (κ3) is 4.15. The average molecular weight is 147 g/mol. The van der Waals surface area contributed by atoms with Crippen molar-refractivity contribution in [3.8, 4) is 0 Å². The van der Waals surface area contributed by atoms with Gasteiger partial charge in [-0.3, -0.25) is 4.99 Å². The average Bonchev–Trinajstić information content (AvgIpc) is 1.91. The van der Waals surface area contributed by atoms with Gasteiger partial charge in [0.05, 0.1) is 0 Å². The van der Waals surface area contributed by atoms with E-state index in [4.69, 9.17) is 11.6 Å². The first kappa shape index (κ1) is 8.63. The largest absolute Gasteiger partial charge is 0.274 e. The Labute approximate surface area is 60.7 Å². The second-order valence-corrected chi connectivity index (χ2v) is 1.97. The van der Waals surface area contributed by atoms with Gasteiger partial charge in [0.1, 0.15) is 5.84 Å². The van der Waals surface area contributed by atoms with Crippen LogP contribution in [0.5, 0.6) is 0 Å². The second-order valence-electron chi connectivity index (χ2n) is 1.59. The van der Waals surface area contributed by atoms with Gasteiger partial charge >= 0.3 is 0 Å². The smallest absolute Gasteiger partial charge is 0.122 e. The SMILES string of the molecule is C=NC(CCCCl)=NC. The third-order valence-corrected chi connectivity index (χ3v) is 1.24. The van der Waals surface area contributed by atoms with Crippen LogP contribution in [0.1, 0.15) is 12.8 Å². The molecular weight excluding hydrogens is 136 g/mol. The van der Waals surface area contributed by atoms with Crippen molar-refractivity contribution in [2.45, 2.75) is 12.8 Å². The molecule has 0 saturated carbocycles. The first-order chi connectivity index (χ1) is 4.35. The molecule has 0 fully saturated rings.